The van der Waals surface area contributed by atoms with Crippen LogP contribution in [0.4, 0.5) is 10.1 Å². The van der Waals surface area contributed by atoms with Crippen LogP contribution in [-0.4, -0.2) is 22.7 Å². The number of oxime groups is 1. The van der Waals surface area contributed by atoms with E-state index < -0.39 is 6.10 Å². The number of nitrogens with one attached hydrogen (secondary N) is 1. The fourth-order valence-electron chi connectivity index (χ4n) is 2.03. The van der Waals surface area contributed by atoms with Crippen molar-refractivity contribution in [1.29, 1.82) is 0 Å². The first-order valence-electron chi connectivity index (χ1n) is 6.42. The molecule has 1 N–H and O–H groups in total. The van der Waals surface area contributed by atoms with Crippen LogP contribution < -0.4 is 5.32 Å². The van der Waals surface area contributed by atoms with Gasteiger partial charge in [-0.3, -0.25) is 9.78 Å². The van der Waals surface area contributed by atoms with Crippen LogP contribution in [0.3, 0.4) is 0 Å². The summed E-state index contributed by atoms with van der Waals surface area (Å²) < 4.78 is 13.7. The Morgan fingerprint density at radius 1 is 1.29 bits per heavy atom. The minimum Gasteiger partial charge on any atom is -0.382 e. The maximum atomic E-state index is 13.7. The topological polar surface area (TPSA) is 63.6 Å². The molecule has 1 amide bonds. The molecule has 2 heterocycles. The summed E-state index contributed by atoms with van der Waals surface area (Å²) >= 11 is 0. The Morgan fingerprint density at radius 2 is 2.14 bits per heavy atom. The number of halogens is 1. The summed E-state index contributed by atoms with van der Waals surface area (Å²) in [5, 5.41) is 6.49. The van der Waals surface area contributed by atoms with Crippen LogP contribution >= 0.6 is 0 Å². The minimum atomic E-state index is -0.764. The lowest BCUT2D eigenvalue weighted by molar-refractivity contribution is -0.125. The lowest BCUT2D eigenvalue weighted by atomic mass is 10.0. The molecule has 6 heteroatoms. The molecule has 0 fully saturated rings. The lowest BCUT2D eigenvalue weighted by Gasteiger charge is -2.08. The van der Waals surface area contributed by atoms with E-state index in [-0.39, 0.29) is 18.1 Å². The molecule has 0 saturated carbocycles. The standard InChI is InChI=1S/C15H12FN3O2/c16-12-6-2-1-5-11(12)13-8-14(21-19-13)15(20)18-10-4-3-7-17-9-10/h1-7,9,14H,8H2,(H,18,20)/t14-/m0/s1. The number of benzene rings is 1. The second-order valence-corrected chi connectivity index (χ2v) is 4.55. The molecule has 21 heavy (non-hydrogen) atoms. The Hall–Kier alpha value is -2.76. The third-order valence-corrected chi connectivity index (χ3v) is 3.08. The molecular formula is C15H12FN3O2. The normalized spacial score (nSPS) is 17.0. The molecule has 1 aliphatic heterocycles. The van der Waals surface area contributed by atoms with Gasteiger partial charge in [0.2, 0.25) is 6.10 Å². The summed E-state index contributed by atoms with van der Waals surface area (Å²) in [5.41, 5.74) is 1.36. The Bertz CT molecular complexity index is 688. The van der Waals surface area contributed by atoms with Gasteiger partial charge in [0.15, 0.2) is 0 Å². The van der Waals surface area contributed by atoms with E-state index in [4.69, 9.17) is 4.84 Å². The third-order valence-electron chi connectivity index (χ3n) is 3.08. The number of amides is 1. The SMILES string of the molecule is O=C(Nc1cccnc1)[C@@H]1CC(c2ccccc2F)=NO1. The van der Waals surface area contributed by atoms with Gasteiger partial charge in [-0.25, -0.2) is 4.39 Å². The molecule has 1 aromatic carbocycles. The highest BCUT2D eigenvalue weighted by molar-refractivity contribution is 6.06. The average molecular weight is 285 g/mol. The average Bonchev–Trinajstić information content (AvgIpc) is 2.98. The smallest absolute Gasteiger partial charge is 0.268 e. The molecule has 1 aromatic heterocycles. The van der Waals surface area contributed by atoms with E-state index in [0.29, 0.717) is 17.0 Å². The lowest BCUT2D eigenvalue weighted by Crippen LogP contribution is -2.28. The summed E-state index contributed by atoms with van der Waals surface area (Å²) in [4.78, 5) is 21.0. The van der Waals surface area contributed by atoms with Crippen molar-refractivity contribution in [2.45, 2.75) is 12.5 Å². The Kier molecular flexibility index (Phi) is 3.59. The van der Waals surface area contributed by atoms with Crippen LogP contribution in [0.2, 0.25) is 0 Å². The van der Waals surface area contributed by atoms with Crippen molar-refractivity contribution in [2.24, 2.45) is 5.16 Å². The first kappa shape index (κ1) is 13.2. The van der Waals surface area contributed by atoms with Gasteiger partial charge in [-0.05, 0) is 18.2 Å². The van der Waals surface area contributed by atoms with Crippen LogP contribution in [0.25, 0.3) is 0 Å². The number of hydrogen-bond donors (Lipinski definition) is 1. The Morgan fingerprint density at radius 3 is 2.90 bits per heavy atom. The van der Waals surface area contributed by atoms with Gasteiger partial charge in [-0.15, -0.1) is 0 Å². The van der Waals surface area contributed by atoms with Crippen molar-refractivity contribution in [3.63, 3.8) is 0 Å². The van der Waals surface area contributed by atoms with E-state index in [1.165, 1.54) is 12.3 Å². The van der Waals surface area contributed by atoms with Gasteiger partial charge in [0.05, 0.1) is 17.6 Å². The first-order chi connectivity index (χ1) is 10.2. The minimum absolute atomic E-state index is 0.229. The monoisotopic (exact) mass is 285 g/mol. The van der Waals surface area contributed by atoms with Crippen molar-refractivity contribution in [1.82, 2.24) is 4.98 Å². The molecule has 0 spiro atoms. The van der Waals surface area contributed by atoms with Crippen molar-refractivity contribution >= 4 is 17.3 Å². The maximum Gasteiger partial charge on any atom is 0.268 e. The Labute approximate surface area is 120 Å². The summed E-state index contributed by atoms with van der Waals surface area (Å²) in [6, 6.07) is 9.70. The number of carbonyl (C=O) groups excluding carboxylic acids is 1. The highest BCUT2D eigenvalue weighted by Crippen LogP contribution is 2.20. The van der Waals surface area contributed by atoms with Crippen LogP contribution in [0.1, 0.15) is 12.0 Å². The highest BCUT2D eigenvalue weighted by atomic mass is 19.1. The van der Waals surface area contributed by atoms with Crippen LogP contribution in [-0.2, 0) is 9.63 Å². The molecule has 106 valence electrons. The van der Waals surface area contributed by atoms with Crippen LogP contribution in [0, 0.1) is 5.82 Å². The number of hydrogen-bond acceptors (Lipinski definition) is 4. The molecule has 0 aliphatic carbocycles. The predicted molar refractivity (Wildman–Crippen MR) is 75.3 cm³/mol. The molecule has 3 rings (SSSR count). The quantitative estimate of drug-likeness (QED) is 0.941. The number of anilines is 1. The zero-order valence-electron chi connectivity index (χ0n) is 11.0. The van der Waals surface area contributed by atoms with Gasteiger partial charge >= 0.3 is 0 Å². The third kappa shape index (κ3) is 2.89. The molecule has 0 bridgehead atoms. The summed E-state index contributed by atoms with van der Waals surface area (Å²) in [7, 11) is 0. The molecule has 1 atom stereocenters. The zero-order chi connectivity index (χ0) is 14.7. The first-order valence-corrected chi connectivity index (χ1v) is 6.42. The van der Waals surface area contributed by atoms with Gasteiger partial charge in [0, 0.05) is 18.2 Å². The second-order valence-electron chi connectivity index (χ2n) is 4.55. The largest absolute Gasteiger partial charge is 0.382 e. The van der Waals surface area contributed by atoms with E-state index in [1.54, 1.807) is 36.5 Å². The molecule has 0 radical (unpaired) electrons. The molecule has 2 aromatic rings. The van der Waals surface area contributed by atoms with E-state index in [0.717, 1.165) is 0 Å². The van der Waals surface area contributed by atoms with Gasteiger partial charge in [0.1, 0.15) is 5.82 Å². The van der Waals surface area contributed by atoms with Crippen molar-refractivity contribution in [3.05, 3.63) is 60.2 Å². The number of pyridine rings is 1. The van der Waals surface area contributed by atoms with E-state index in [9.17, 15) is 9.18 Å². The fourth-order valence-corrected chi connectivity index (χ4v) is 2.03. The van der Waals surface area contributed by atoms with E-state index in [2.05, 4.69) is 15.5 Å². The fraction of sp³-hybridized carbons (Fsp3) is 0.133. The molecule has 0 unspecified atom stereocenters. The van der Waals surface area contributed by atoms with E-state index in [1.807, 2.05) is 0 Å². The number of nitrogens with zero attached hydrogens (tertiary/aromatic N) is 2. The number of rotatable bonds is 3. The predicted octanol–water partition coefficient (Wildman–Crippen LogP) is 2.35. The molecule has 1 aliphatic rings. The van der Waals surface area contributed by atoms with Gasteiger partial charge < -0.3 is 10.2 Å². The number of carbonyl (C=O) groups is 1. The maximum absolute atomic E-state index is 13.7. The van der Waals surface area contributed by atoms with Gasteiger partial charge in [0.25, 0.3) is 5.91 Å². The molecule has 5 nitrogen and oxygen atoms in total. The van der Waals surface area contributed by atoms with Crippen molar-refractivity contribution < 1.29 is 14.0 Å². The van der Waals surface area contributed by atoms with Crippen LogP contribution in [0.15, 0.2) is 53.9 Å². The summed E-state index contributed by atoms with van der Waals surface area (Å²) in [6.07, 6.45) is 2.61. The summed E-state index contributed by atoms with van der Waals surface area (Å²) in [5.74, 6) is -0.716. The Balaban J connectivity index is 1.66. The zero-order valence-corrected chi connectivity index (χ0v) is 11.0. The van der Waals surface area contributed by atoms with Crippen molar-refractivity contribution in [3.8, 4) is 0 Å². The second kappa shape index (κ2) is 5.70. The number of aromatic nitrogens is 1. The molecular weight excluding hydrogens is 273 g/mol. The van der Waals surface area contributed by atoms with Gasteiger partial charge in [-0.2, -0.15) is 0 Å². The highest BCUT2D eigenvalue weighted by Gasteiger charge is 2.29. The van der Waals surface area contributed by atoms with Gasteiger partial charge in [-0.1, -0.05) is 23.4 Å². The van der Waals surface area contributed by atoms with Crippen LogP contribution in [0.5, 0.6) is 0 Å². The molecule has 0 saturated heterocycles. The van der Waals surface area contributed by atoms with Crippen molar-refractivity contribution in [2.75, 3.05) is 5.32 Å². The summed E-state index contributed by atoms with van der Waals surface area (Å²) in [6.45, 7) is 0. The van der Waals surface area contributed by atoms with E-state index >= 15 is 0 Å².